The molecule has 1 amide bonds. The van der Waals surface area contributed by atoms with Crippen LogP contribution in [0.25, 0.3) is 0 Å². The quantitative estimate of drug-likeness (QED) is 0.803. The van der Waals surface area contributed by atoms with Crippen molar-refractivity contribution in [3.8, 4) is 0 Å². The fraction of sp³-hybridized carbons (Fsp3) is 0.182. The molecule has 0 aromatic carbocycles. The second kappa shape index (κ2) is 4.65. The van der Waals surface area contributed by atoms with Crippen molar-refractivity contribution in [3.05, 3.63) is 41.9 Å². The predicted molar refractivity (Wildman–Crippen MR) is 63.3 cm³/mol. The summed E-state index contributed by atoms with van der Waals surface area (Å²) < 4.78 is 1.78. The molecular weight excluding hydrogens is 218 g/mol. The Morgan fingerprint density at radius 3 is 2.82 bits per heavy atom. The molecule has 0 aliphatic rings. The van der Waals surface area contributed by atoms with Crippen LogP contribution < -0.4 is 11.1 Å². The third-order valence-electron chi connectivity index (χ3n) is 2.42. The maximum atomic E-state index is 10.9. The number of carbonyl (C=O) groups is 1. The Bertz CT molecular complexity index is 517. The summed E-state index contributed by atoms with van der Waals surface area (Å²) in [6.45, 7) is 0.624. The van der Waals surface area contributed by atoms with Crippen LogP contribution in [0.15, 0.2) is 30.6 Å². The molecule has 6 nitrogen and oxygen atoms in total. The van der Waals surface area contributed by atoms with E-state index in [1.807, 2.05) is 13.1 Å². The minimum absolute atomic E-state index is 0.399. The zero-order valence-corrected chi connectivity index (χ0v) is 9.42. The van der Waals surface area contributed by atoms with Crippen LogP contribution in [0.3, 0.4) is 0 Å². The molecule has 0 aliphatic carbocycles. The zero-order valence-electron chi connectivity index (χ0n) is 9.42. The first-order valence-corrected chi connectivity index (χ1v) is 5.13. The number of carbonyl (C=O) groups excluding carboxylic acids is 1. The highest BCUT2D eigenvalue weighted by atomic mass is 16.1. The topological polar surface area (TPSA) is 85.8 Å². The number of nitrogens with two attached hydrogens (primary N) is 1. The van der Waals surface area contributed by atoms with Gasteiger partial charge in [-0.1, -0.05) is 0 Å². The van der Waals surface area contributed by atoms with Gasteiger partial charge in [0, 0.05) is 19.4 Å². The van der Waals surface area contributed by atoms with Gasteiger partial charge in [0.2, 0.25) is 5.91 Å². The Labute approximate surface area is 98.5 Å². The molecule has 2 heterocycles. The lowest BCUT2D eigenvalue weighted by molar-refractivity contribution is 0.1000. The number of pyridine rings is 1. The molecular formula is C11H13N5O. The van der Waals surface area contributed by atoms with E-state index in [9.17, 15) is 4.79 Å². The number of rotatable bonds is 4. The molecule has 0 saturated heterocycles. The van der Waals surface area contributed by atoms with E-state index in [1.165, 1.54) is 6.20 Å². The van der Waals surface area contributed by atoms with Crippen molar-refractivity contribution in [3.63, 3.8) is 0 Å². The Hall–Kier alpha value is -2.37. The molecule has 2 aromatic heterocycles. The number of amides is 1. The van der Waals surface area contributed by atoms with Crippen molar-refractivity contribution in [1.82, 2.24) is 14.8 Å². The van der Waals surface area contributed by atoms with E-state index in [-0.39, 0.29) is 0 Å². The normalized spacial score (nSPS) is 10.2. The van der Waals surface area contributed by atoms with Gasteiger partial charge in [-0.25, -0.2) is 4.98 Å². The van der Waals surface area contributed by atoms with Gasteiger partial charge in [0.25, 0.3) is 0 Å². The van der Waals surface area contributed by atoms with Crippen molar-refractivity contribution in [2.45, 2.75) is 6.54 Å². The van der Waals surface area contributed by atoms with Gasteiger partial charge in [0.1, 0.15) is 5.82 Å². The fourth-order valence-corrected chi connectivity index (χ4v) is 1.40. The lowest BCUT2D eigenvalue weighted by Gasteiger charge is -2.05. The Kier molecular flexibility index (Phi) is 3.04. The van der Waals surface area contributed by atoms with Gasteiger partial charge < -0.3 is 11.1 Å². The number of aryl methyl sites for hydroxylation is 1. The number of aromatic nitrogens is 3. The van der Waals surface area contributed by atoms with Crippen molar-refractivity contribution < 1.29 is 4.79 Å². The minimum atomic E-state index is -0.476. The van der Waals surface area contributed by atoms with E-state index in [1.54, 1.807) is 23.0 Å². The summed E-state index contributed by atoms with van der Waals surface area (Å²) in [6.07, 6.45) is 3.19. The summed E-state index contributed by atoms with van der Waals surface area (Å²) in [5.41, 5.74) is 6.57. The number of primary amides is 1. The maximum absolute atomic E-state index is 10.9. The first-order chi connectivity index (χ1) is 8.16. The average Bonchev–Trinajstić information content (AvgIpc) is 2.73. The molecule has 17 heavy (non-hydrogen) atoms. The lowest BCUT2D eigenvalue weighted by atomic mass is 10.3. The van der Waals surface area contributed by atoms with Gasteiger partial charge in [-0.3, -0.25) is 9.48 Å². The molecule has 88 valence electrons. The summed E-state index contributed by atoms with van der Waals surface area (Å²) in [7, 11) is 1.88. The largest absolute Gasteiger partial charge is 0.366 e. The van der Waals surface area contributed by atoms with Crippen LogP contribution in [-0.4, -0.2) is 20.7 Å². The van der Waals surface area contributed by atoms with Crippen molar-refractivity contribution >= 4 is 11.7 Å². The minimum Gasteiger partial charge on any atom is -0.366 e. The van der Waals surface area contributed by atoms with Gasteiger partial charge in [-0.05, 0) is 18.2 Å². The molecule has 6 heteroatoms. The summed E-state index contributed by atoms with van der Waals surface area (Å²) in [6, 6.07) is 5.28. The Morgan fingerprint density at radius 2 is 2.29 bits per heavy atom. The predicted octanol–water partition coefficient (Wildman–Crippen LogP) is 0.526. The number of anilines is 1. The maximum Gasteiger partial charge on any atom is 0.250 e. The van der Waals surface area contributed by atoms with E-state index in [0.717, 1.165) is 5.69 Å². The highest BCUT2D eigenvalue weighted by molar-refractivity contribution is 5.92. The lowest BCUT2D eigenvalue weighted by Crippen LogP contribution is -2.12. The van der Waals surface area contributed by atoms with Crippen molar-refractivity contribution in [2.75, 3.05) is 5.32 Å². The van der Waals surface area contributed by atoms with Gasteiger partial charge in [0.05, 0.1) is 17.8 Å². The number of nitrogens with zero attached hydrogens (tertiary/aromatic N) is 3. The summed E-state index contributed by atoms with van der Waals surface area (Å²) in [5.74, 6) is 0.215. The molecule has 2 rings (SSSR count). The van der Waals surface area contributed by atoms with Crippen LogP contribution in [0.2, 0.25) is 0 Å². The van der Waals surface area contributed by atoms with Crippen LogP contribution >= 0.6 is 0 Å². The number of hydrogen-bond donors (Lipinski definition) is 2. The number of nitrogens with one attached hydrogen (secondary N) is 1. The smallest absolute Gasteiger partial charge is 0.250 e. The second-order valence-electron chi connectivity index (χ2n) is 3.60. The van der Waals surface area contributed by atoms with Crippen molar-refractivity contribution in [1.29, 1.82) is 0 Å². The molecule has 0 fully saturated rings. The van der Waals surface area contributed by atoms with Gasteiger partial charge in [0.15, 0.2) is 0 Å². The van der Waals surface area contributed by atoms with E-state index >= 15 is 0 Å². The van der Waals surface area contributed by atoms with Gasteiger partial charge in [-0.2, -0.15) is 5.10 Å². The van der Waals surface area contributed by atoms with Crippen LogP contribution in [0.1, 0.15) is 16.1 Å². The van der Waals surface area contributed by atoms with E-state index in [0.29, 0.717) is 17.9 Å². The van der Waals surface area contributed by atoms with Crippen LogP contribution in [0.5, 0.6) is 0 Å². The molecule has 0 unspecified atom stereocenters. The average molecular weight is 231 g/mol. The summed E-state index contributed by atoms with van der Waals surface area (Å²) in [5, 5.41) is 7.19. The van der Waals surface area contributed by atoms with Crippen LogP contribution in [-0.2, 0) is 13.6 Å². The zero-order chi connectivity index (χ0) is 12.3. The molecule has 0 spiro atoms. The highest BCUT2D eigenvalue weighted by Gasteiger charge is 2.02. The molecule has 0 saturated carbocycles. The molecule has 3 N–H and O–H groups in total. The first-order valence-electron chi connectivity index (χ1n) is 5.13. The highest BCUT2D eigenvalue weighted by Crippen LogP contribution is 2.06. The molecule has 0 radical (unpaired) electrons. The van der Waals surface area contributed by atoms with Gasteiger partial charge >= 0.3 is 0 Å². The van der Waals surface area contributed by atoms with E-state index in [4.69, 9.17) is 5.73 Å². The number of hydrogen-bond acceptors (Lipinski definition) is 4. The second-order valence-corrected chi connectivity index (χ2v) is 3.60. The summed E-state index contributed by atoms with van der Waals surface area (Å²) in [4.78, 5) is 14.9. The van der Waals surface area contributed by atoms with Crippen LogP contribution in [0.4, 0.5) is 5.82 Å². The third-order valence-corrected chi connectivity index (χ3v) is 2.42. The molecule has 0 aliphatic heterocycles. The SMILES string of the molecule is Cn1nccc1CNc1ccc(C(N)=O)cn1. The van der Waals surface area contributed by atoms with Crippen LogP contribution in [0, 0.1) is 0 Å². The summed E-state index contributed by atoms with van der Waals surface area (Å²) >= 11 is 0. The third kappa shape index (κ3) is 2.60. The molecule has 2 aromatic rings. The molecule has 0 bridgehead atoms. The fourth-order valence-electron chi connectivity index (χ4n) is 1.40. The molecule has 0 atom stereocenters. The van der Waals surface area contributed by atoms with Crippen molar-refractivity contribution in [2.24, 2.45) is 12.8 Å². The standard InChI is InChI=1S/C11H13N5O/c1-16-9(4-5-15-16)7-14-10-3-2-8(6-13-10)11(12)17/h2-6H,7H2,1H3,(H2,12,17)(H,13,14). The van der Waals surface area contributed by atoms with Gasteiger partial charge in [-0.15, -0.1) is 0 Å². The van der Waals surface area contributed by atoms with E-state index < -0.39 is 5.91 Å². The first kappa shape index (κ1) is 11.1. The monoisotopic (exact) mass is 231 g/mol. The van der Waals surface area contributed by atoms with E-state index in [2.05, 4.69) is 15.4 Å². The Morgan fingerprint density at radius 1 is 1.47 bits per heavy atom. The Balaban J connectivity index is 2.00.